The van der Waals surface area contributed by atoms with Gasteiger partial charge in [0.2, 0.25) is 0 Å². The van der Waals surface area contributed by atoms with E-state index in [0.29, 0.717) is 5.56 Å². The summed E-state index contributed by atoms with van der Waals surface area (Å²) in [5, 5.41) is 0. The van der Waals surface area contributed by atoms with Gasteiger partial charge in [-0.15, -0.1) is 0 Å². The lowest BCUT2D eigenvalue weighted by Crippen LogP contribution is -2.21. The molecule has 0 heterocycles. The fourth-order valence-corrected chi connectivity index (χ4v) is 2.21. The zero-order valence-corrected chi connectivity index (χ0v) is 9.13. The molecule has 0 aromatic heterocycles. The molecule has 1 aliphatic rings. The van der Waals surface area contributed by atoms with E-state index in [-0.39, 0.29) is 6.04 Å². The van der Waals surface area contributed by atoms with E-state index in [1.54, 1.807) is 0 Å². The highest BCUT2D eigenvalue weighted by Crippen LogP contribution is 2.31. The Balaban J connectivity index is 2.57. The third-order valence-corrected chi connectivity index (χ3v) is 3.00. The summed E-state index contributed by atoms with van der Waals surface area (Å²) in [6.45, 7) is 0. The number of fused-ring (bicyclic) bond motifs is 1. The monoisotopic (exact) mass is 223 g/mol. The smallest absolute Gasteiger partial charge is 0.338 e. The average molecular weight is 223 g/mol. The van der Waals surface area contributed by atoms with Gasteiger partial charge in [-0.3, -0.25) is 0 Å². The van der Waals surface area contributed by atoms with Crippen molar-refractivity contribution in [2.24, 2.45) is 5.73 Å². The first-order chi connectivity index (χ1) is 7.63. The molecule has 0 unspecified atom stereocenters. The Labute approximate surface area is 93.4 Å². The maximum atomic E-state index is 13.4. The fourth-order valence-electron chi connectivity index (χ4n) is 2.21. The molecule has 3 nitrogen and oxygen atoms in total. The summed E-state index contributed by atoms with van der Waals surface area (Å²) in [7, 11) is 1.29. The Hall–Kier alpha value is -1.42. The Bertz CT molecular complexity index is 431. The SMILES string of the molecule is COC(=O)c1cc(F)cc2c1CCC[C@H]2N. The number of esters is 1. The molecule has 0 spiro atoms. The fraction of sp³-hybridized carbons (Fsp3) is 0.417. The molecule has 0 amide bonds. The molecule has 16 heavy (non-hydrogen) atoms. The number of carbonyl (C=O) groups excluding carboxylic acids is 1. The molecule has 1 aliphatic carbocycles. The molecule has 0 radical (unpaired) electrons. The van der Waals surface area contributed by atoms with Crippen LogP contribution in [0.25, 0.3) is 0 Å². The van der Waals surface area contributed by atoms with E-state index in [1.807, 2.05) is 0 Å². The second-order valence-electron chi connectivity index (χ2n) is 4.01. The highest BCUT2D eigenvalue weighted by Gasteiger charge is 2.23. The summed E-state index contributed by atoms with van der Waals surface area (Å²) < 4.78 is 18.0. The minimum Gasteiger partial charge on any atom is -0.465 e. The van der Waals surface area contributed by atoms with Crippen LogP contribution in [0, 0.1) is 5.82 Å². The molecule has 0 fully saturated rings. The van der Waals surface area contributed by atoms with E-state index in [2.05, 4.69) is 4.74 Å². The van der Waals surface area contributed by atoms with E-state index >= 15 is 0 Å². The molecule has 2 N–H and O–H groups in total. The molecule has 0 bridgehead atoms. The normalized spacial score (nSPS) is 19.1. The highest BCUT2D eigenvalue weighted by molar-refractivity contribution is 5.91. The first kappa shape index (κ1) is 11.1. The largest absolute Gasteiger partial charge is 0.465 e. The minimum atomic E-state index is -0.496. The number of nitrogens with two attached hydrogens (primary N) is 1. The van der Waals surface area contributed by atoms with Gasteiger partial charge in [-0.2, -0.15) is 0 Å². The molecule has 0 aliphatic heterocycles. The molecule has 0 saturated heterocycles. The number of halogens is 1. The van der Waals surface area contributed by atoms with E-state index in [0.717, 1.165) is 30.4 Å². The first-order valence-electron chi connectivity index (χ1n) is 5.29. The predicted octanol–water partition coefficient (Wildman–Crippen LogP) is 1.95. The zero-order chi connectivity index (χ0) is 11.7. The van der Waals surface area contributed by atoms with Crippen molar-refractivity contribution in [2.45, 2.75) is 25.3 Å². The topological polar surface area (TPSA) is 52.3 Å². The van der Waals surface area contributed by atoms with Crippen molar-refractivity contribution in [3.63, 3.8) is 0 Å². The highest BCUT2D eigenvalue weighted by atomic mass is 19.1. The maximum Gasteiger partial charge on any atom is 0.338 e. The molecular formula is C12H14FNO2. The van der Waals surface area contributed by atoms with Crippen molar-refractivity contribution in [2.75, 3.05) is 7.11 Å². The van der Waals surface area contributed by atoms with E-state index < -0.39 is 11.8 Å². The van der Waals surface area contributed by atoms with Crippen LogP contribution in [0.5, 0.6) is 0 Å². The number of ether oxygens (including phenoxy) is 1. The Kier molecular flexibility index (Phi) is 2.92. The van der Waals surface area contributed by atoms with Crippen LogP contribution < -0.4 is 5.73 Å². The van der Waals surface area contributed by atoms with Gasteiger partial charge in [-0.1, -0.05) is 0 Å². The number of hydrogen-bond acceptors (Lipinski definition) is 3. The Morgan fingerprint density at radius 2 is 2.31 bits per heavy atom. The zero-order valence-electron chi connectivity index (χ0n) is 9.13. The van der Waals surface area contributed by atoms with Gasteiger partial charge in [0.15, 0.2) is 0 Å². The summed E-state index contributed by atoms with van der Waals surface area (Å²) in [6.07, 6.45) is 2.51. The number of carbonyl (C=O) groups is 1. The number of rotatable bonds is 1. The van der Waals surface area contributed by atoms with Crippen molar-refractivity contribution in [3.8, 4) is 0 Å². The molecule has 0 saturated carbocycles. The van der Waals surface area contributed by atoms with Gasteiger partial charge < -0.3 is 10.5 Å². The second-order valence-corrected chi connectivity index (χ2v) is 4.01. The Morgan fingerprint density at radius 1 is 1.56 bits per heavy atom. The predicted molar refractivity (Wildman–Crippen MR) is 57.6 cm³/mol. The maximum absolute atomic E-state index is 13.4. The number of benzene rings is 1. The lowest BCUT2D eigenvalue weighted by molar-refractivity contribution is 0.0598. The van der Waals surface area contributed by atoms with Gasteiger partial charge in [0, 0.05) is 6.04 Å². The summed E-state index contributed by atoms with van der Waals surface area (Å²) in [5.41, 5.74) is 7.80. The summed E-state index contributed by atoms with van der Waals surface area (Å²) in [6, 6.07) is 2.47. The van der Waals surface area contributed by atoms with Crippen LogP contribution in [-0.2, 0) is 11.2 Å². The van der Waals surface area contributed by atoms with Gasteiger partial charge in [-0.25, -0.2) is 9.18 Å². The average Bonchev–Trinajstić information content (AvgIpc) is 2.28. The van der Waals surface area contributed by atoms with E-state index in [9.17, 15) is 9.18 Å². The van der Waals surface area contributed by atoms with Crippen LogP contribution >= 0.6 is 0 Å². The van der Waals surface area contributed by atoms with Crippen LogP contribution in [0.4, 0.5) is 4.39 Å². The third-order valence-electron chi connectivity index (χ3n) is 3.00. The molecular weight excluding hydrogens is 209 g/mol. The standard InChI is InChI=1S/C12H14FNO2/c1-16-12(15)10-6-7(13)5-9-8(10)3-2-4-11(9)14/h5-6,11H,2-4,14H2,1H3/t11-/m1/s1. The van der Waals surface area contributed by atoms with Crippen LogP contribution in [0.15, 0.2) is 12.1 Å². The number of methoxy groups -OCH3 is 1. The first-order valence-corrected chi connectivity index (χ1v) is 5.29. The van der Waals surface area contributed by atoms with E-state index in [1.165, 1.54) is 19.2 Å². The third kappa shape index (κ3) is 1.80. The minimum absolute atomic E-state index is 0.178. The van der Waals surface area contributed by atoms with Crippen molar-refractivity contribution < 1.29 is 13.9 Å². The van der Waals surface area contributed by atoms with Crippen molar-refractivity contribution in [1.29, 1.82) is 0 Å². The molecule has 2 rings (SSSR count). The molecule has 1 atom stereocenters. The lowest BCUT2D eigenvalue weighted by Gasteiger charge is -2.24. The Morgan fingerprint density at radius 3 is 3.00 bits per heavy atom. The van der Waals surface area contributed by atoms with Gasteiger partial charge in [-0.05, 0) is 42.5 Å². The summed E-state index contributed by atoms with van der Waals surface area (Å²) >= 11 is 0. The van der Waals surface area contributed by atoms with Crippen molar-refractivity contribution in [3.05, 3.63) is 34.6 Å². The molecule has 1 aromatic carbocycles. The van der Waals surface area contributed by atoms with Gasteiger partial charge in [0.1, 0.15) is 5.82 Å². The van der Waals surface area contributed by atoms with E-state index in [4.69, 9.17) is 5.73 Å². The molecule has 4 heteroatoms. The van der Waals surface area contributed by atoms with Gasteiger partial charge in [0.25, 0.3) is 0 Å². The van der Waals surface area contributed by atoms with Crippen LogP contribution in [0.3, 0.4) is 0 Å². The quantitative estimate of drug-likeness (QED) is 0.740. The van der Waals surface area contributed by atoms with Gasteiger partial charge in [0.05, 0.1) is 12.7 Å². The summed E-state index contributed by atoms with van der Waals surface area (Å²) in [5.74, 6) is -0.929. The summed E-state index contributed by atoms with van der Waals surface area (Å²) in [4.78, 5) is 11.5. The van der Waals surface area contributed by atoms with Crippen molar-refractivity contribution in [1.82, 2.24) is 0 Å². The van der Waals surface area contributed by atoms with Crippen LogP contribution in [0.1, 0.15) is 40.4 Å². The molecule has 86 valence electrons. The van der Waals surface area contributed by atoms with Crippen LogP contribution in [0.2, 0.25) is 0 Å². The molecule has 1 aromatic rings. The number of hydrogen-bond donors (Lipinski definition) is 1. The van der Waals surface area contributed by atoms with Crippen LogP contribution in [-0.4, -0.2) is 13.1 Å². The van der Waals surface area contributed by atoms with Crippen molar-refractivity contribution >= 4 is 5.97 Å². The van der Waals surface area contributed by atoms with Gasteiger partial charge >= 0.3 is 5.97 Å². The second kappa shape index (κ2) is 4.22. The lowest BCUT2D eigenvalue weighted by atomic mass is 9.85.